The number of hydrogen-bond acceptors (Lipinski definition) is 2. The zero-order chi connectivity index (χ0) is 12.8. The maximum atomic E-state index is 12.1. The maximum Gasteiger partial charge on any atom is 0.137 e. The van der Waals surface area contributed by atoms with E-state index in [0.717, 1.165) is 19.5 Å². The SMILES string of the molecule is CCCCCN(C)CC1C(=O)CC(C)CC1C. The van der Waals surface area contributed by atoms with Crippen molar-refractivity contribution in [1.82, 2.24) is 4.90 Å². The van der Waals surface area contributed by atoms with Crippen molar-refractivity contribution in [1.29, 1.82) is 0 Å². The van der Waals surface area contributed by atoms with Crippen LogP contribution in [-0.2, 0) is 4.79 Å². The highest BCUT2D eigenvalue weighted by Gasteiger charge is 2.32. The monoisotopic (exact) mass is 239 g/mol. The van der Waals surface area contributed by atoms with Gasteiger partial charge < -0.3 is 4.90 Å². The predicted octanol–water partition coefficient (Wildman–Crippen LogP) is 3.36. The quantitative estimate of drug-likeness (QED) is 0.662. The Balaban J connectivity index is 2.36. The third-order valence-electron chi connectivity index (χ3n) is 4.08. The van der Waals surface area contributed by atoms with Crippen molar-refractivity contribution in [3.8, 4) is 0 Å². The third kappa shape index (κ3) is 4.79. The van der Waals surface area contributed by atoms with Crippen LogP contribution < -0.4 is 0 Å². The fourth-order valence-electron chi connectivity index (χ4n) is 3.03. The van der Waals surface area contributed by atoms with Crippen LogP contribution >= 0.6 is 0 Å². The Hall–Kier alpha value is -0.370. The van der Waals surface area contributed by atoms with Gasteiger partial charge in [-0.05, 0) is 38.3 Å². The lowest BCUT2D eigenvalue weighted by molar-refractivity contribution is -0.128. The third-order valence-corrected chi connectivity index (χ3v) is 4.08. The molecule has 0 aromatic heterocycles. The highest BCUT2D eigenvalue weighted by molar-refractivity contribution is 5.82. The van der Waals surface area contributed by atoms with Crippen LogP contribution in [0.4, 0.5) is 0 Å². The summed E-state index contributed by atoms with van der Waals surface area (Å²) >= 11 is 0. The van der Waals surface area contributed by atoms with E-state index in [9.17, 15) is 4.79 Å². The van der Waals surface area contributed by atoms with Crippen molar-refractivity contribution in [2.75, 3.05) is 20.1 Å². The highest BCUT2D eigenvalue weighted by Crippen LogP contribution is 2.31. The maximum absolute atomic E-state index is 12.1. The fourth-order valence-corrected chi connectivity index (χ4v) is 3.03. The molecule has 0 spiro atoms. The van der Waals surface area contributed by atoms with Crippen LogP contribution in [0.15, 0.2) is 0 Å². The first-order chi connectivity index (χ1) is 8.04. The Morgan fingerprint density at radius 2 is 2.00 bits per heavy atom. The van der Waals surface area contributed by atoms with Gasteiger partial charge in [-0.1, -0.05) is 33.6 Å². The summed E-state index contributed by atoms with van der Waals surface area (Å²) in [6, 6.07) is 0. The minimum absolute atomic E-state index is 0.290. The Kier molecular flexibility index (Phi) is 6.18. The topological polar surface area (TPSA) is 20.3 Å². The van der Waals surface area contributed by atoms with Gasteiger partial charge in [0.2, 0.25) is 0 Å². The highest BCUT2D eigenvalue weighted by atomic mass is 16.1. The van der Waals surface area contributed by atoms with Crippen LogP contribution in [0.5, 0.6) is 0 Å². The normalized spacial score (nSPS) is 29.9. The van der Waals surface area contributed by atoms with Gasteiger partial charge in [0.25, 0.3) is 0 Å². The molecule has 2 heteroatoms. The first-order valence-electron chi connectivity index (χ1n) is 7.25. The Labute approximate surface area is 107 Å². The first kappa shape index (κ1) is 14.7. The van der Waals surface area contributed by atoms with E-state index in [2.05, 4.69) is 32.7 Å². The number of hydrogen-bond donors (Lipinski definition) is 0. The molecule has 3 atom stereocenters. The van der Waals surface area contributed by atoms with Gasteiger partial charge in [-0.25, -0.2) is 0 Å². The largest absolute Gasteiger partial charge is 0.306 e. The lowest BCUT2D eigenvalue weighted by atomic mass is 9.74. The van der Waals surface area contributed by atoms with Crippen LogP contribution in [0.25, 0.3) is 0 Å². The van der Waals surface area contributed by atoms with Crippen LogP contribution in [-0.4, -0.2) is 30.8 Å². The number of unbranched alkanes of at least 4 members (excludes halogenated alkanes) is 2. The number of Topliss-reactive ketones (excluding diaryl/α,β-unsaturated/α-hetero) is 1. The second kappa shape index (κ2) is 7.15. The van der Waals surface area contributed by atoms with Crippen molar-refractivity contribution in [3.63, 3.8) is 0 Å². The second-order valence-electron chi connectivity index (χ2n) is 6.06. The molecule has 3 unspecified atom stereocenters. The van der Waals surface area contributed by atoms with E-state index in [4.69, 9.17) is 0 Å². The van der Waals surface area contributed by atoms with Crippen LogP contribution in [0.3, 0.4) is 0 Å². The second-order valence-corrected chi connectivity index (χ2v) is 6.06. The molecule has 100 valence electrons. The molecular formula is C15H29NO. The summed E-state index contributed by atoms with van der Waals surface area (Å²) in [5.74, 6) is 1.95. The van der Waals surface area contributed by atoms with Crippen molar-refractivity contribution >= 4 is 5.78 Å². The summed E-state index contributed by atoms with van der Waals surface area (Å²) in [6.07, 6.45) is 5.86. The van der Waals surface area contributed by atoms with Crippen molar-refractivity contribution in [3.05, 3.63) is 0 Å². The molecule has 0 saturated heterocycles. The zero-order valence-corrected chi connectivity index (χ0v) is 12.0. The molecule has 0 N–H and O–H groups in total. The lowest BCUT2D eigenvalue weighted by Crippen LogP contribution is -2.39. The van der Waals surface area contributed by atoms with Gasteiger partial charge in [-0.15, -0.1) is 0 Å². The molecule has 0 aliphatic heterocycles. The number of ketones is 1. The molecule has 1 fully saturated rings. The summed E-state index contributed by atoms with van der Waals surface area (Å²) < 4.78 is 0. The minimum atomic E-state index is 0.290. The summed E-state index contributed by atoms with van der Waals surface area (Å²) in [6.45, 7) is 8.79. The molecule has 17 heavy (non-hydrogen) atoms. The smallest absolute Gasteiger partial charge is 0.137 e. The van der Waals surface area contributed by atoms with E-state index in [1.54, 1.807) is 0 Å². The molecule has 0 aromatic rings. The van der Waals surface area contributed by atoms with Gasteiger partial charge in [0.1, 0.15) is 5.78 Å². The predicted molar refractivity (Wildman–Crippen MR) is 73.1 cm³/mol. The van der Waals surface area contributed by atoms with Gasteiger partial charge in [0, 0.05) is 18.9 Å². The molecule has 0 radical (unpaired) electrons. The summed E-state index contributed by atoms with van der Waals surface area (Å²) in [4.78, 5) is 14.4. The van der Waals surface area contributed by atoms with Gasteiger partial charge in [-0.3, -0.25) is 4.79 Å². The van der Waals surface area contributed by atoms with Crippen molar-refractivity contribution in [2.24, 2.45) is 17.8 Å². The molecule has 1 saturated carbocycles. The van der Waals surface area contributed by atoms with Gasteiger partial charge >= 0.3 is 0 Å². The molecule has 2 nitrogen and oxygen atoms in total. The number of nitrogens with zero attached hydrogens (tertiary/aromatic N) is 1. The summed E-state index contributed by atoms with van der Waals surface area (Å²) in [5, 5.41) is 0. The van der Waals surface area contributed by atoms with Gasteiger partial charge in [0.15, 0.2) is 0 Å². The summed E-state index contributed by atoms with van der Waals surface area (Å²) in [5.41, 5.74) is 0. The van der Waals surface area contributed by atoms with Crippen LogP contribution in [0, 0.1) is 17.8 Å². The molecule has 1 rings (SSSR count). The molecule has 0 heterocycles. The fraction of sp³-hybridized carbons (Fsp3) is 0.933. The average molecular weight is 239 g/mol. The van der Waals surface area contributed by atoms with E-state index in [1.165, 1.54) is 25.7 Å². The van der Waals surface area contributed by atoms with Crippen molar-refractivity contribution in [2.45, 2.75) is 52.9 Å². The molecule has 1 aliphatic carbocycles. The Morgan fingerprint density at radius 1 is 1.29 bits per heavy atom. The van der Waals surface area contributed by atoms with E-state index < -0.39 is 0 Å². The van der Waals surface area contributed by atoms with Crippen molar-refractivity contribution < 1.29 is 4.79 Å². The molecular weight excluding hydrogens is 210 g/mol. The summed E-state index contributed by atoms with van der Waals surface area (Å²) in [7, 11) is 2.16. The number of rotatable bonds is 6. The van der Waals surface area contributed by atoms with E-state index >= 15 is 0 Å². The first-order valence-corrected chi connectivity index (χ1v) is 7.25. The minimum Gasteiger partial charge on any atom is -0.306 e. The lowest BCUT2D eigenvalue weighted by Gasteiger charge is -2.34. The Morgan fingerprint density at radius 3 is 2.59 bits per heavy atom. The Bertz CT molecular complexity index is 239. The van der Waals surface area contributed by atoms with Gasteiger partial charge in [-0.2, -0.15) is 0 Å². The van der Waals surface area contributed by atoms with Crippen LogP contribution in [0.2, 0.25) is 0 Å². The molecule has 0 bridgehead atoms. The van der Waals surface area contributed by atoms with E-state index in [-0.39, 0.29) is 5.92 Å². The average Bonchev–Trinajstić information content (AvgIpc) is 2.24. The zero-order valence-electron chi connectivity index (χ0n) is 12.0. The van der Waals surface area contributed by atoms with E-state index in [1.807, 2.05) is 0 Å². The molecule has 0 aromatic carbocycles. The molecule has 0 amide bonds. The standard InChI is InChI=1S/C15H29NO/c1-5-6-7-8-16(4)11-14-13(3)9-12(2)10-15(14)17/h12-14H,5-11H2,1-4H3. The molecule has 1 aliphatic rings. The number of carbonyl (C=O) groups excluding carboxylic acids is 1. The van der Waals surface area contributed by atoms with E-state index in [0.29, 0.717) is 17.6 Å². The number of carbonyl (C=O) groups is 1. The van der Waals surface area contributed by atoms with Gasteiger partial charge in [0.05, 0.1) is 0 Å². The van der Waals surface area contributed by atoms with Crippen LogP contribution in [0.1, 0.15) is 52.9 Å².